The van der Waals surface area contributed by atoms with Crippen LogP contribution in [0.2, 0.25) is 5.02 Å². The first-order chi connectivity index (χ1) is 22.6. The molecule has 9 heteroatoms. The minimum Gasteiger partial charge on any atom is -0.352 e. The van der Waals surface area contributed by atoms with Gasteiger partial charge in [-0.2, -0.15) is 0 Å². The SMILES string of the molecule is Cc1ccc(CN(C(=O)CN(c2ccccc2C)S(=O)(=O)c2ccc(Cl)cc2)[C@@H](Cc2ccccc2)C(=O)NC2CCCCC2)cc1. The number of para-hydroxylation sites is 1. The number of hydrogen-bond acceptors (Lipinski definition) is 4. The molecule has 0 radical (unpaired) electrons. The predicted octanol–water partition coefficient (Wildman–Crippen LogP) is 7.24. The Balaban J connectivity index is 1.56. The third-order valence-corrected chi connectivity index (χ3v) is 10.8. The molecule has 1 fully saturated rings. The van der Waals surface area contributed by atoms with Crippen molar-refractivity contribution in [1.29, 1.82) is 0 Å². The van der Waals surface area contributed by atoms with E-state index in [9.17, 15) is 18.0 Å². The molecule has 0 saturated heterocycles. The zero-order valence-corrected chi connectivity index (χ0v) is 28.5. The van der Waals surface area contributed by atoms with Gasteiger partial charge in [0.05, 0.1) is 10.6 Å². The highest BCUT2D eigenvalue weighted by molar-refractivity contribution is 7.92. The fourth-order valence-electron chi connectivity index (χ4n) is 6.08. The van der Waals surface area contributed by atoms with Gasteiger partial charge in [0.2, 0.25) is 11.8 Å². The second kappa shape index (κ2) is 15.6. The van der Waals surface area contributed by atoms with E-state index in [4.69, 9.17) is 11.6 Å². The number of amides is 2. The van der Waals surface area contributed by atoms with E-state index in [2.05, 4.69) is 5.32 Å². The van der Waals surface area contributed by atoms with Gasteiger partial charge in [0.15, 0.2) is 0 Å². The van der Waals surface area contributed by atoms with Crippen molar-refractivity contribution in [3.63, 3.8) is 0 Å². The van der Waals surface area contributed by atoms with Crippen LogP contribution in [-0.2, 0) is 32.6 Å². The fraction of sp³-hybridized carbons (Fsp3) is 0.316. The van der Waals surface area contributed by atoms with Crippen LogP contribution in [-0.4, -0.2) is 43.8 Å². The molecule has 0 unspecified atom stereocenters. The number of carbonyl (C=O) groups is 2. The number of nitrogens with one attached hydrogen (secondary N) is 1. The Bertz CT molecular complexity index is 1760. The average Bonchev–Trinajstić information content (AvgIpc) is 3.07. The van der Waals surface area contributed by atoms with Crippen LogP contribution in [0.5, 0.6) is 0 Å². The minimum atomic E-state index is -4.20. The first-order valence-electron chi connectivity index (χ1n) is 16.1. The Labute approximate surface area is 283 Å². The van der Waals surface area contributed by atoms with Crippen LogP contribution in [0.4, 0.5) is 5.69 Å². The molecule has 47 heavy (non-hydrogen) atoms. The molecule has 5 rings (SSSR count). The van der Waals surface area contributed by atoms with Crippen molar-refractivity contribution in [3.05, 3.63) is 130 Å². The van der Waals surface area contributed by atoms with E-state index in [1.54, 1.807) is 17.0 Å². The van der Waals surface area contributed by atoms with E-state index in [0.29, 0.717) is 16.3 Å². The lowest BCUT2D eigenvalue weighted by atomic mass is 9.94. The molecule has 1 N–H and O–H groups in total. The van der Waals surface area contributed by atoms with E-state index in [0.717, 1.165) is 53.1 Å². The van der Waals surface area contributed by atoms with Crippen LogP contribution in [0.25, 0.3) is 0 Å². The van der Waals surface area contributed by atoms with Crippen molar-refractivity contribution < 1.29 is 18.0 Å². The first-order valence-corrected chi connectivity index (χ1v) is 18.0. The zero-order chi connectivity index (χ0) is 33.4. The lowest BCUT2D eigenvalue weighted by Crippen LogP contribution is -2.55. The number of hydrogen-bond donors (Lipinski definition) is 1. The summed E-state index contributed by atoms with van der Waals surface area (Å²) in [7, 11) is -4.20. The lowest BCUT2D eigenvalue weighted by Gasteiger charge is -2.35. The highest BCUT2D eigenvalue weighted by Gasteiger charge is 2.35. The van der Waals surface area contributed by atoms with E-state index >= 15 is 0 Å². The summed E-state index contributed by atoms with van der Waals surface area (Å²) in [6, 6.07) is 29.6. The third kappa shape index (κ3) is 8.82. The van der Waals surface area contributed by atoms with Crippen molar-refractivity contribution in [2.75, 3.05) is 10.8 Å². The van der Waals surface area contributed by atoms with Crippen LogP contribution in [0.1, 0.15) is 54.4 Å². The maximum atomic E-state index is 14.7. The van der Waals surface area contributed by atoms with Gasteiger partial charge in [0.1, 0.15) is 12.6 Å². The molecule has 4 aromatic carbocycles. The molecule has 0 aliphatic heterocycles. The summed E-state index contributed by atoms with van der Waals surface area (Å²) in [5.74, 6) is -0.713. The third-order valence-electron chi connectivity index (χ3n) is 8.76. The molecular formula is C38H42ClN3O4S. The van der Waals surface area contributed by atoms with Crippen molar-refractivity contribution in [1.82, 2.24) is 10.2 Å². The molecule has 0 bridgehead atoms. The molecule has 0 heterocycles. The Hall–Kier alpha value is -4.14. The normalized spacial score (nSPS) is 14.3. The summed E-state index contributed by atoms with van der Waals surface area (Å²) in [6.45, 7) is 3.44. The smallest absolute Gasteiger partial charge is 0.264 e. The molecule has 1 aliphatic rings. The zero-order valence-electron chi connectivity index (χ0n) is 26.9. The van der Waals surface area contributed by atoms with Crippen molar-refractivity contribution in [3.8, 4) is 0 Å². The van der Waals surface area contributed by atoms with Gasteiger partial charge < -0.3 is 10.2 Å². The van der Waals surface area contributed by atoms with Gasteiger partial charge in [-0.3, -0.25) is 13.9 Å². The van der Waals surface area contributed by atoms with Crippen LogP contribution in [0, 0.1) is 13.8 Å². The Kier molecular flexibility index (Phi) is 11.4. The second-order valence-corrected chi connectivity index (χ2v) is 14.6. The van der Waals surface area contributed by atoms with Gasteiger partial charge >= 0.3 is 0 Å². The van der Waals surface area contributed by atoms with Gasteiger partial charge in [-0.15, -0.1) is 0 Å². The monoisotopic (exact) mass is 671 g/mol. The summed E-state index contributed by atoms with van der Waals surface area (Å²) in [4.78, 5) is 30.5. The maximum absolute atomic E-state index is 14.7. The molecule has 0 spiro atoms. The van der Waals surface area contributed by atoms with E-state index in [-0.39, 0.29) is 29.8 Å². The quantitative estimate of drug-likeness (QED) is 0.172. The maximum Gasteiger partial charge on any atom is 0.264 e. The average molecular weight is 672 g/mol. The summed E-state index contributed by atoms with van der Waals surface area (Å²) in [5, 5.41) is 3.65. The van der Waals surface area contributed by atoms with Crippen molar-refractivity contribution in [2.24, 2.45) is 0 Å². The van der Waals surface area contributed by atoms with Crippen LogP contribution in [0.3, 0.4) is 0 Å². The Morgan fingerprint density at radius 3 is 2.11 bits per heavy atom. The largest absolute Gasteiger partial charge is 0.352 e. The van der Waals surface area contributed by atoms with Gasteiger partial charge in [-0.1, -0.05) is 109 Å². The molecule has 2 amide bonds. The predicted molar refractivity (Wildman–Crippen MR) is 188 cm³/mol. The van der Waals surface area contributed by atoms with Crippen LogP contribution >= 0.6 is 11.6 Å². The minimum absolute atomic E-state index is 0.0129. The molecule has 1 aliphatic carbocycles. The summed E-state index contributed by atoms with van der Waals surface area (Å²) in [5.41, 5.74) is 3.90. The number of carbonyl (C=O) groups excluding carboxylic acids is 2. The summed E-state index contributed by atoms with van der Waals surface area (Å²) in [6.07, 6.45) is 5.33. The number of anilines is 1. The van der Waals surface area contributed by atoms with E-state index in [1.165, 1.54) is 24.3 Å². The fourth-order valence-corrected chi connectivity index (χ4v) is 7.68. The van der Waals surface area contributed by atoms with Gasteiger partial charge in [0, 0.05) is 24.0 Å². The molecule has 7 nitrogen and oxygen atoms in total. The van der Waals surface area contributed by atoms with Crippen molar-refractivity contribution in [2.45, 2.75) is 75.9 Å². The highest BCUT2D eigenvalue weighted by Crippen LogP contribution is 2.28. The number of aryl methyl sites for hydroxylation is 2. The Morgan fingerprint density at radius 1 is 0.809 bits per heavy atom. The lowest BCUT2D eigenvalue weighted by molar-refractivity contribution is -0.140. The van der Waals surface area contributed by atoms with Gasteiger partial charge in [0.25, 0.3) is 10.0 Å². The standard InChI is InChI=1S/C38H42ClN3O4S/c1-28-17-19-31(20-18-28)26-41(36(25-30-12-5-3-6-13-30)38(44)40-33-14-7-4-8-15-33)37(43)27-42(35-16-10-9-11-29(35)2)47(45,46)34-23-21-32(39)22-24-34/h3,5-6,9-13,16-24,33,36H,4,7-8,14-15,25-27H2,1-2H3,(H,40,44)/t36-/m0/s1. The first kappa shape index (κ1) is 34.2. The molecule has 0 aromatic heterocycles. The van der Waals surface area contributed by atoms with E-state index in [1.807, 2.05) is 80.6 Å². The molecule has 1 atom stereocenters. The molecular weight excluding hydrogens is 630 g/mol. The Morgan fingerprint density at radius 2 is 1.45 bits per heavy atom. The van der Waals surface area contributed by atoms with E-state index < -0.39 is 28.5 Å². The second-order valence-electron chi connectivity index (χ2n) is 12.3. The molecule has 1 saturated carbocycles. The van der Waals surface area contributed by atoms with Gasteiger partial charge in [-0.05, 0) is 73.7 Å². The number of rotatable bonds is 12. The number of benzene rings is 4. The van der Waals surface area contributed by atoms with Crippen LogP contribution < -0.4 is 9.62 Å². The summed E-state index contributed by atoms with van der Waals surface area (Å²) < 4.78 is 29.6. The summed E-state index contributed by atoms with van der Waals surface area (Å²) >= 11 is 6.09. The highest BCUT2D eigenvalue weighted by atomic mass is 35.5. The van der Waals surface area contributed by atoms with Gasteiger partial charge in [-0.25, -0.2) is 8.42 Å². The number of halogens is 1. The topological polar surface area (TPSA) is 86.8 Å². The van der Waals surface area contributed by atoms with Crippen LogP contribution in [0.15, 0.2) is 108 Å². The van der Waals surface area contributed by atoms with Crippen molar-refractivity contribution >= 4 is 39.1 Å². The number of sulfonamides is 1. The molecule has 246 valence electrons. The molecule has 4 aromatic rings. The number of nitrogens with zero attached hydrogens (tertiary/aromatic N) is 2.